The van der Waals surface area contributed by atoms with E-state index < -0.39 is 6.03 Å². The lowest BCUT2D eigenvalue weighted by atomic mass is 10.2. The van der Waals surface area contributed by atoms with E-state index in [1.54, 1.807) is 48.8 Å². The summed E-state index contributed by atoms with van der Waals surface area (Å²) in [6.45, 7) is 0.450. The maximum atomic E-state index is 12.6. The minimum absolute atomic E-state index is 0.152. The molecule has 2 heterocycles. The van der Waals surface area contributed by atoms with E-state index in [4.69, 9.17) is 23.2 Å². The number of aromatic nitrogens is 2. The van der Waals surface area contributed by atoms with Gasteiger partial charge in [-0.05, 0) is 36.4 Å². The van der Waals surface area contributed by atoms with Gasteiger partial charge in [0.2, 0.25) is 0 Å². The predicted molar refractivity (Wildman–Crippen MR) is 106 cm³/mol. The number of anilines is 1. The molecule has 0 aliphatic rings. The number of halogens is 2. The van der Waals surface area contributed by atoms with Gasteiger partial charge in [0.05, 0.1) is 18.8 Å². The highest BCUT2D eigenvalue weighted by Crippen LogP contribution is 2.24. The SMILES string of the molecule is O=C(NCc1ccccn1)Nc1cccn(Cc2c(Cl)cccc2Cl)c1=O. The first-order chi connectivity index (χ1) is 13.0. The standard InChI is InChI=1S/C19H16Cl2N4O2/c20-15-6-3-7-16(21)14(15)12-25-10-4-8-17(18(25)26)24-19(27)23-11-13-5-1-2-9-22-13/h1-10H,11-12H2,(H2,23,24,27). The minimum atomic E-state index is -0.494. The summed E-state index contributed by atoms with van der Waals surface area (Å²) in [6.07, 6.45) is 3.25. The monoisotopic (exact) mass is 402 g/mol. The zero-order valence-electron chi connectivity index (χ0n) is 14.2. The molecule has 138 valence electrons. The van der Waals surface area contributed by atoms with Crippen LogP contribution in [0.25, 0.3) is 0 Å². The van der Waals surface area contributed by atoms with Crippen molar-refractivity contribution in [1.82, 2.24) is 14.9 Å². The molecular formula is C19H16Cl2N4O2. The van der Waals surface area contributed by atoms with E-state index in [1.165, 1.54) is 10.6 Å². The third-order valence-electron chi connectivity index (χ3n) is 3.81. The average Bonchev–Trinajstić information content (AvgIpc) is 2.67. The molecule has 0 saturated heterocycles. The summed E-state index contributed by atoms with van der Waals surface area (Å²) in [4.78, 5) is 28.8. The number of benzene rings is 1. The van der Waals surface area contributed by atoms with Crippen LogP contribution in [0.3, 0.4) is 0 Å². The molecule has 2 amide bonds. The third kappa shape index (κ3) is 4.87. The highest BCUT2D eigenvalue weighted by molar-refractivity contribution is 6.35. The Balaban J connectivity index is 1.71. The Bertz CT molecular complexity index is 986. The Kier molecular flexibility index (Phi) is 6.11. The van der Waals surface area contributed by atoms with E-state index in [1.807, 2.05) is 6.07 Å². The Labute approximate surface area is 165 Å². The number of nitrogens with zero attached hydrogens (tertiary/aromatic N) is 2. The lowest BCUT2D eigenvalue weighted by Crippen LogP contribution is -2.32. The van der Waals surface area contributed by atoms with Crippen molar-refractivity contribution in [2.24, 2.45) is 0 Å². The van der Waals surface area contributed by atoms with Crippen molar-refractivity contribution in [2.45, 2.75) is 13.1 Å². The van der Waals surface area contributed by atoms with Gasteiger partial charge in [0.25, 0.3) is 5.56 Å². The fourth-order valence-electron chi connectivity index (χ4n) is 2.45. The molecule has 0 aliphatic heterocycles. The molecule has 0 fully saturated rings. The topological polar surface area (TPSA) is 76.0 Å². The third-order valence-corrected chi connectivity index (χ3v) is 4.52. The van der Waals surface area contributed by atoms with Crippen molar-refractivity contribution in [2.75, 3.05) is 5.32 Å². The van der Waals surface area contributed by atoms with Gasteiger partial charge >= 0.3 is 6.03 Å². The summed E-state index contributed by atoms with van der Waals surface area (Å²) >= 11 is 12.3. The summed E-state index contributed by atoms with van der Waals surface area (Å²) in [5.41, 5.74) is 1.15. The summed E-state index contributed by atoms with van der Waals surface area (Å²) in [5, 5.41) is 6.16. The maximum absolute atomic E-state index is 12.6. The fourth-order valence-corrected chi connectivity index (χ4v) is 2.97. The molecule has 2 N–H and O–H groups in total. The van der Waals surface area contributed by atoms with Crippen LogP contribution in [0, 0.1) is 0 Å². The fraction of sp³-hybridized carbons (Fsp3) is 0.105. The molecule has 6 nitrogen and oxygen atoms in total. The molecule has 0 spiro atoms. The van der Waals surface area contributed by atoms with Gasteiger partial charge < -0.3 is 15.2 Å². The summed E-state index contributed by atoms with van der Waals surface area (Å²) in [6, 6.07) is 13.3. The molecular weight excluding hydrogens is 387 g/mol. The quantitative estimate of drug-likeness (QED) is 0.678. The Morgan fingerprint density at radius 2 is 1.81 bits per heavy atom. The Morgan fingerprint density at radius 1 is 1.04 bits per heavy atom. The lowest BCUT2D eigenvalue weighted by molar-refractivity contribution is 0.251. The number of pyridine rings is 2. The Hall–Kier alpha value is -2.83. The van der Waals surface area contributed by atoms with E-state index >= 15 is 0 Å². The van der Waals surface area contributed by atoms with Crippen LogP contribution in [0.5, 0.6) is 0 Å². The van der Waals surface area contributed by atoms with E-state index in [0.29, 0.717) is 21.3 Å². The Morgan fingerprint density at radius 3 is 2.52 bits per heavy atom. The zero-order chi connectivity index (χ0) is 19.2. The van der Waals surface area contributed by atoms with Gasteiger partial charge in [-0.15, -0.1) is 0 Å². The normalized spacial score (nSPS) is 10.4. The van der Waals surface area contributed by atoms with Gasteiger partial charge in [0, 0.05) is 28.0 Å². The van der Waals surface area contributed by atoms with E-state index in [9.17, 15) is 9.59 Å². The van der Waals surface area contributed by atoms with Gasteiger partial charge in [-0.1, -0.05) is 35.3 Å². The molecule has 0 aliphatic carbocycles. The second-order valence-electron chi connectivity index (χ2n) is 5.68. The van der Waals surface area contributed by atoms with Crippen LogP contribution in [0.15, 0.2) is 65.7 Å². The molecule has 0 saturated carbocycles. The van der Waals surface area contributed by atoms with Crippen LogP contribution in [0.2, 0.25) is 10.0 Å². The largest absolute Gasteiger partial charge is 0.332 e. The molecule has 3 aromatic rings. The lowest BCUT2D eigenvalue weighted by Gasteiger charge is -2.12. The molecule has 3 rings (SSSR count). The van der Waals surface area contributed by atoms with Gasteiger partial charge in [-0.3, -0.25) is 9.78 Å². The maximum Gasteiger partial charge on any atom is 0.319 e. The smallest absolute Gasteiger partial charge is 0.319 e. The highest BCUT2D eigenvalue weighted by atomic mass is 35.5. The van der Waals surface area contributed by atoms with Crippen molar-refractivity contribution in [3.05, 3.63) is 92.6 Å². The number of carbonyl (C=O) groups is 1. The van der Waals surface area contributed by atoms with Crippen LogP contribution >= 0.6 is 23.2 Å². The molecule has 0 unspecified atom stereocenters. The molecule has 2 aromatic heterocycles. The second-order valence-corrected chi connectivity index (χ2v) is 6.50. The minimum Gasteiger partial charge on any atom is -0.332 e. The van der Waals surface area contributed by atoms with Gasteiger partial charge in [0.1, 0.15) is 5.69 Å². The van der Waals surface area contributed by atoms with E-state index in [0.717, 1.165) is 0 Å². The van der Waals surface area contributed by atoms with Crippen molar-refractivity contribution in [1.29, 1.82) is 0 Å². The van der Waals surface area contributed by atoms with Crippen molar-refractivity contribution < 1.29 is 4.79 Å². The number of hydrogen-bond donors (Lipinski definition) is 2. The van der Waals surface area contributed by atoms with Crippen LogP contribution in [-0.4, -0.2) is 15.6 Å². The van der Waals surface area contributed by atoms with Gasteiger partial charge in [0.15, 0.2) is 0 Å². The number of carbonyl (C=O) groups excluding carboxylic acids is 1. The van der Waals surface area contributed by atoms with Crippen LogP contribution in [0.1, 0.15) is 11.3 Å². The van der Waals surface area contributed by atoms with Crippen molar-refractivity contribution in [3.8, 4) is 0 Å². The average molecular weight is 403 g/mol. The molecule has 1 aromatic carbocycles. The molecule has 0 radical (unpaired) electrons. The summed E-state index contributed by atoms with van der Waals surface area (Å²) in [7, 11) is 0. The molecule has 0 bridgehead atoms. The van der Waals surface area contributed by atoms with Crippen molar-refractivity contribution >= 4 is 34.9 Å². The first-order valence-corrected chi connectivity index (χ1v) is 8.87. The first-order valence-electron chi connectivity index (χ1n) is 8.11. The second kappa shape index (κ2) is 8.70. The summed E-state index contributed by atoms with van der Waals surface area (Å²) < 4.78 is 1.43. The van der Waals surface area contributed by atoms with Crippen LogP contribution in [0.4, 0.5) is 10.5 Å². The van der Waals surface area contributed by atoms with E-state index in [-0.39, 0.29) is 24.3 Å². The summed E-state index contributed by atoms with van der Waals surface area (Å²) in [5.74, 6) is 0. The highest BCUT2D eigenvalue weighted by Gasteiger charge is 2.11. The number of hydrogen-bond acceptors (Lipinski definition) is 3. The number of urea groups is 1. The van der Waals surface area contributed by atoms with Crippen molar-refractivity contribution in [3.63, 3.8) is 0 Å². The predicted octanol–water partition coefficient (Wildman–Crippen LogP) is 3.92. The van der Waals surface area contributed by atoms with Crippen LogP contribution in [-0.2, 0) is 13.1 Å². The number of rotatable bonds is 5. The molecule has 8 heteroatoms. The molecule has 0 atom stereocenters. The zero-order valence-corrected chi connectivity index (χ0v) is 15.7. The first kappa shape index (κ1) is 18.9. The van der Waals surface area contributed by atoms with E-state index in [2.05, 4.69) is 15.6 Å². The number of nitrogens with one attached hydrogen (secondary N) is 2. The van der Waals surface area contributed by atoms with Crippen LogP contribution < -0.4 is 16.2 Å². The molecule has 27 heavy (non-hydrogen) atoms. The van der Waals surface area contributed by atoms with Gasteiger partial charge in [-0.2, -0.15) is 0 Å². The number of amides is 2. The van der Waals surface area contributed by atoms with Gasteiger partial charge in [-0.25, -0.2) is 4.79 Å².